The van der Waals surface area contributed by atoms with Crippen LogP contribution in [0.25, 0.3) is 0 Å². The first-order chi connectivity index (χ1) is 13.1. The summed E-state index contributed by atoms with van der Waals surface area (Å²) in [6, 6.07) is 2.70. The van der Waals surface area contributed by atoms with E-state index in [4.69, 9.17) is 22.2 Å². The summed E-state index contributed by atoms with van der Waals surface area (Å²) >= 11 is 5.46. The lowest BCUT2D eigenvalue weighted by molar-refractivity contribution is 0.435. The number of hydrogen-bond acceptors (Lipinski definition) is 5. The lowest BCUT2D eigenvalue weighted by Gasteiger charge is -2.34. The molecule has 0 amide bonds. The van der Waals surface area contributed by atoms with Crippen molar-refractivity contribution in [1.82, 2.24) is 15.3 Å². The summed E-state index contributed by atoms with van der Waals surface area (Å²) < 4.78 is 0. The van der Waals surface area contributed by atoms with E-state index in [1.807, 2.05) is 0 Å². The van der Waals surface area contributed by atoms with Gasteiger partial charge in [0.1, 0.15) is 11.6 Å². The fourth-order valence-electron chi connectivity index (χ4n) is 3.99. The minimum Gasteiger partial charge on any atom is -0.360 e. The maximum atomic E-state index is 5.46. The largest absolute Gasteiger partial charge is 0.360 e. The van der Waals surface area contributed by atoms with Gasteiger partial charge in [-0.15, -0.1) is 0 Å². The first-order valence-corrected chi connectivity index (χ1v) is 10.9. The monoisotopic (exact) mass is 388 g/mol. The van der Waals surface area contributed by atoms with Gasteiger partial charge in [-0.25, -0.2) is 0 Å². The standard InChI is InChI=1S/C20H32N6S/c1-14-7-10-25(11-8-14)17-12-18(26-9-3-4-15(2)13-26)23-19(22-17)24-20(27)21-16-5-6-16/h12,14-16H,3-11,13H2,1-2H3,(H2,21,22,23,24,27)/t15-/m0/s1. The van der Waals surface area contributed by atoms with Crippen LogP contribution in [0, 0.1) is 11.8 Å². The van der Waals surface area contributed by atoms with Crippen LogP contribution in [0.15, 0.2) is 6.07 Å². The Labute approximate surface area is 168 Å². The van der Waals surface area contributed by atoms with Gasteiger partial charge in [0, 0.05) is 38.3 Å². The number of aromatic nitrogens is 2. The van der Waals surface area contributed by atoms with Crippen molar-refractivity contribution < 1.29 is 0 Å². The second-order valence-corrected chi connectivity index (χ2v) is 9.05. The third-order valence-electron chi connectivity index (χ3n) is 5.93. The van der Waals surface area contributed by atoms with Gasteiger partial charge in [0.15, 0.2) is 5.11 Å². The van der Waals surface area contributed by atoms with Crippen molar-refractivity contribution in [3.8, 4) is 0 Å². The Balaban J connectivity index is 1.55. The third-order valence-corrected chi connectivity index (χ3v) is 6.15. The Morgan fingerprint density at radius 2 is 1.67 bits per heavy atom. The molecule has 3 fully saturated rings. The van der Waals surface area contributed by atoms with Crippen molar-refractivity contribution in [2.24, 2.45) is 11.8 Å². The molecule has 0 bridgehead atoms. The molecular formula is C20H32N6S. The molecule has 0 spiro atoms. The molecule has 1 aromatic heterocycles. The van der Waals surface area contributed by atoms with Crippen LogP contribution in [0.1, 0.15) is 52.4 Å². The molecule has 2 aliphatic heterocycles. The van der Waals surface area contributed by atoms with Crippen molar-refractivity contribution in [2.45, 2.75) is 58.4 Å². The van der Waals surface area contributed by atoms with Gasteiger partial charge in [0.2, 0.25) is 5.95 Å². The average Bonchev–Trinajstić information content (AvgIpc) is 3.46. The first-order valence-electron chi connectivity index (χ1n) is 10.5. The summed E-state index contributed by atoms with van der Waals surface area (Å²) in [5.41, 5.74) is 0. The molecule has 3 heterocycles. The second kappa shape index (κ2) is 8.17. The lowest BCUT2D eigenvalue weighted by atomic mass is 9.99. The predicted molar refractivity (Wildman–Crippen MR) is 116 cm³/mol. The van der Waals surface area contributed by atoms with Gasteiger partial charge in [0.25, 0.3) is 0 Å². The van der Waals surface area contributed by atoms with Crippen LogP contribution in [0.5, 0.6) is 0 Å². The average molecular weight is 389 g/mol. The van der Waals surface area contributed by atoms with Crippen molar-refractivity contribution in [3.63, 3.8) is 0 Å². The molecule has 4 rings (SSSR count). The minimum atomic E-state index is 0.527. The Morgan fingerprint density at radius 1 is 0.963 bits per heavy atom. The van der Waals surface area contributed by atoms with E-state index in [-0.39, 0.29) is 0 Å². The predicted octanol–water partition coefficient (Wildman–Crippen LogP) is 3.40. The highest BCUT2D eigenvalue weighted by molar-refractivity contribution is 7.80. The number of hydrogen-bond donors (Lipinski definition) is 2. The van der Waals surface area contributed by atoms with Crippen LogP contribution in [0.4, 0.5) is 17.6 Å². The van der Waals surface area contributed by atoms with Crippen LogP contribution >= 0.6 is 12.2 Å². The SMILES string of the molecule is CC1CCN(c2cc(N3CCC[C@H](C)C3)nc(NC(=S)NC3CC3)n2)CC1. The summed E-state index contributed by atoms with van der Waals surface area (Å²) in [5.74, 6) is 4.20. The number of nitrogens with zero attached hydrogens (tertiary/aromatic N) is 4. The molecule has 0 unspecified atom stereocenters. The maximum absolute atomic E-state index is 5.46. The second-order valence-electron chi connectivity index (χ2n) is 8.64. The molecule has 0 radical (unpaired) electrons. The van der Waals surface area contributed by atoms with Gasteiger partial charge in [0.05, 0.1) is 0 Å². The number of anilines is 3. The lowest BCUT2D eigenvalue weighted by Crippen LogP contribution is -2.37. The molecule has 2 saturated heterocycles. The first kappa shape index (κ1) is 18.7. The zero-order valence-corrected chi connectivity index (χ0v) is 17.4. The summed E-state index contributed by atoms with van der Waals surface area (Å²) in [5, 5.41) is 7.20. The Kier molecular flexibility index (Phi) is 5.66. The van der Waals surface area contributed by atoms with E-state index in [2.05, 4.69) is 40.3 Å². The Morgan fingerprint density at radius 3 is 2.33 bits per heavy atom. The van der Waals surface area contributed by atoms with Crippen molar-refractivity contribution in [1.29, 1.82) is 0 Å². The summed E-state index contributed by atoms with van der Waals surface area (Å²) in [7, 11) is 0. The van der Waals surface area contributed by atoms with Crippen molar-refractivity contribution in [2.75, 3.05) is 41.3 Å². The molecule has 1 atom stereocenters. The van der Waals surface area contributed by atoms with E-state index < -0.39 is 0 Å². The molecule has 0 aromatic carbocycles. The van der Waals surface area contributed by atoms with E-state index in [1.54, 1.807) is 0 Å². The zero-order chi connectivity index (χ0) is 18.8. The van der Waals surface area contributed by atoms with Crippen LogP contribution in [0.3, 0.4) is 0 Å². The summed E-state index contributed by atoms with van der Waals surface area (Å²) in [6.07, 6.45) is 7.39. The molecule has 148 valence electrons. The quantitative estimate of drug-likeness (QED) is 0.767. The normalized spacial score (nSPS) is 24.0. The van der Waals surface area contributed by atoms with E-state index in [0.29, 0.717) is 23.0 Å². The Hall–Kier alpha value is -1.63. The van der Waals surface area contributed by atoms with E-state index >= 15 is 0 Å². The van der Waals surface area contributed by atoms with Crippen molar-refractivity contribution in [3.05, 3.63) is 6.07 Å². The van der Waals surface area contributed by atoms with Gasteiger partial charge in [-0.3, -0.25) is 0 Å². The molecule has 6 nitrogen and oxygen atoms in total. The minimum absolute atomic E-state index is 0.527. The number of thiocarbonyl (C=S) groups is 1. The summed E-state index contributed by atoms with van der Waals surface area (Å²) in [6.45, 7) is 8.94. The van der Waals surface area contributed by atoms with Crippen LogP contribution in [-0.2, 0) is 0 Å². The highest BCUT2D eigenvalue weighted by Gasteiger charge is 2.24. The van der Waals surface area contributed by atoms with Crippen molar-refractivity contribution >= 4 is 34.9 Å². The molecule has 1 saturated carbocycles. The molecule has 2 N–H and O–H groups in total. The van der Waals surface area contributed by atoms with Gasteiger partial charge in [-0.1, -0.05) is 13.8 Å². The van der Waals surface area contributed by atoms with Gasteiger partial charge in [-0.05, 0) is 62.6 Å². The highest BCUT2D eigenvalue weighted by atomic mass is 32.1. The Bertz CT molecular complexity index is 668. The smallest absolute Gasteiger partial charge is 0.232 e. The number of nitrogens with one attached hydrogen (secondary N) is 2. The molecular weight excluding hydrogens is 356 g/mol. The molecule has 3 aliphatic rings. The van der Waals surface area contributed by atoms with Crippen LogP contribution in [0.2, 0.25) is 0 Å². The topological polar surface area (TPSA) is 56.3 Å². The van der Waals surface area contributed by atoms with E-state index in [9.17, 15) is 0 Å². The fraction of sp³-hybridized carbons (Fsp3) is 0.750. The van der Waals surface area contributed by atoms with Crippen LogP contribution < -0.4 is 20.4 Å². The number of piperidine rings is 2. The summed E-state index contributed by atoms with van der Waals surface area (Å²) in [4.78, 5) is 14.4. The number of rotatable bonds is 4. The highest BCUT2D eigenvalue weighted by Crippen LogP contribution is 2.28. The van der Waals surface area contributed by atoms with E-state index in [1.165, 1.54) is 38.5 Å². The molecule has 1 aromatic rings. The van der Waals surface area contributed by atoms with Gasteiger partial charge < -0.3 is 20.4 Å². The molecule has 1 aliphatic carbocycles. The fourth-order valence-corrected chi connectivity index (χ4v) is 4.25. The van der Waals surface area contributed by atoms with Gasteiger partial charge >= 0.3 is 0 Å². The molecule has 27 heavy (non-hydrogen) atoms. The molecule has 7 heteroatoms. The maximum Gasteiger partial charge on any atom is 0.232 e. The third kappa shape index (κ3) is 5.00. The van der Waals surface area contributed by atoms with Gasteiger partial charge in [-0.2, -0.15) is 9.97 Å². The zero-order valence-electron chi connectivity index (χ0n) is 16.6. The van der Waals surface area contributed by atoms with Crippen LogP contribution in [-0.4, -0.2) is 47.3 Å². The van der Waals surface area contributed by atoms with E-state index in [0.717, 1.165) is 43.7 Å².